The Morgan fingerprint density at radius 3 is 1.71 bits per heavy atom. The van der Waals surface area contributed by atoms with Crippen LogP contribution in [0.2, 0.25) is 0 Å². The molecule has 2 nitrogen and oxygen atoms in total. The van der Waals surface area contributed by atoms with Crippen molar-refractivity contribution in [1.29, 1.82) is 0 Å². The second kappa shape index (κ2) is 14.1. The van der Waals surface area contributed by atoms with Crippen molar-refractivity contribution in [3.63, 3.8) is 0 Å². The number of rotatable bonds is 7. The summed E-state index contributed by atoms with van der Waals surface area (Å²) in [5, 5.41) is 5.45. The minimum absolute atomic E-state index is 0.0946. The molecule has 0 aliphatic carbocycles. The van der Waals surface area contributed by atoms with E-state index in [0.717, 1.165) is 54.6 Å². The average Bonchev–Trinajstić information content (AvgIpc) is 3.75. The van der Waals surface area contributed by atoms with Crippen LogP contribution in [0.3, 0.4) is 0 Å². The van der Waals surface area contributed by atoms with Crippen LogP contribution >= 0.6 is 0 Å². The minimum Gasteiger partial charge on any atom is -0.455 e. The van der Waals surface area contributed by atoms with Crippen LogP contribution in [-0.2, 0) is 0 Å². The Bertz CT molecular complexity index is 3710. The van der Waals surface area contributed by atoms with E-state index in [0.29, 0.717) is 28.0 Å². The van der Waals surface area contributed by atoms with Gasteiger partial charge in [-0.3, -0.25) is 0 Å². The lowest BCUT2D eigenvalue weighted by atomic mass is 9.97. The molecule has 0 radical (unpaired) electrons. The molecule has 10 aromatic carbocycles. The third kappa shape index (κ3) is 5.91. The van der Waals surface area contributed by atoms with E-state index < -0.39 is 24.2 Å². The highest BCUT2D eigenvalue weighted by atomic mass is 16.3. The molecule has 0 bridgehead atoms. The summed E-state index contributed by atoms with van der Waals surface area (Å²) in [7, 11) is 0. The van der Waals surface area contributed by atoms with Crippen molar-refractivity contribution >= 4 is 60.5 Å². The second-order valence-electron chi connectivity index (χ2n) is 14.3. The van der Waals surface area contributed by atoms with Crippen LogP contribution in [0, 0.1) is 0 Å². The van der Waals surface area contributed by atoms with E-state index in [1.54, 1.807) is 24.3 Å². The number of fused-ring (bicyclic) bond motifs is 6. The smallest absolute Gasteiger partial charge is 0.143 e. The van der Waals surface area contributed by atoms with Gasteiger partial charge in [0.2, 0.25) is 0 Å². The molecule has 0 aliphatic rings. The molecule has 1 aromatic heterocycles. The van der Waals surface area contributed by atoms with Gasteiger partial charge < -0.3 is 9.32 Å². The van der Waals surface area contributed by atoms with Crippen LogP contribution < -0.4 is 4.90 Å². The molecule has 0 atom stereocenters. The standard InChI is InChI=1S/C56H37NO/c1-2-12-38(13-3-1)43-17-8-18-44(36-43)39-26-31-46(32-27-39)57(47-33-28-42(29-34-47)50-23-10-16-40-14-4-6-21-49(40)50)48-20-9-19-45(37-48)51-24-11-25-54-55(51)53-35-30-41-15-5-7-22-52(41)56(53)58-54/h1-37H/i26D,27D,28D,29D,31D,32D,33D,34D. The van der Waals surface area contributed by atoms with Crippen molar-refractivity contribution in [2.45, 2.75) is 0 Å². The lowest BCUT2D eigenvalue weighted by molar-refractivity contribution is 0.673. The Hall–Kier alpha value is -7.68. The normalized spacial score (nSPS) is 13.4. The zero-order chi connectivity index (χ0) is 45.4. The Kier molecular flexibility index (Phi) is 6.38. The maximum absolute atomic E-state index is 9.69. The summed E-state index contributed by atoms with van der Waals surface area (Å²) < 4.78 is 83.3. The highest BCUT2D eigenvalue weighted by molar-refractivity contribution is 6.19. The molecule has 0 unspecified atom stereocenters. The average molecular weight is 748 g/mol. The van der Waals surface area contributed by atoms with Gasteiger partial charge in [-0.2, -0.15) is 0 Å². The molecular formula is C56H37NO. The summed E-state index contributed by atoms with van der Waals surface area (Å²) >= 11 is 0. The fourth-order valence-corrected chi connectivity index (χ4v) is 8.02. The highest BCUT2D eigenvalue weighted by Gasteiger charge is 2.18. The van der Waals surface area contributed by atoms with Gasteiger partial charge in [0.05, 0.1) is 11.0 Å². The molecule has 11 aromatic rings. The first-order chi connectivity index (χ1) is 32.1. The van der Waals surface area contributed by atoms with Crippen LogP contribution in [0.25, 0.3) is 88.0 Å². The molecule has 0 fully saturated rings. The van der Waals surface area contributed by atoms with Crippen molar-refractivity contribution in [2.75, 3.05) is 4.90 Å². The molecule has 0 amide bonds. The lowest BCUT2D eigenvalue weighted by Crippen LogP contribution is -2.10. The first-order valence-electron chi connectivity index (χ1n) is 23.2. The van der Waals surface area contributed by atoms with E-state index in [2.05, 4.69) is 6.07 Å². The van der Waals surface area contributed by atoms with E-state index in [1.165, 1.54) is 4.90 Å². The summed E-state index contributed by atoms with van der Waals surface area (Å²) in [6, 6.07) is 52.5. The molecule has 58 heavy (non-hydrogen) atoms. The monoisotopic (exact) mass is 747 g/mol. The maximum atomic E-state index is 9.69. The van der Waals surface area contributed by atoms with Gasteiger partial charge in [-0.25, -0.2) is 0 Å². The number of anilines is 3. The van der Waals surface area contributed by atoms with Gasteiger partial charge in [-0.1, -0.05) is 170 Å². The van der Waals surface area contributed by atoms with Crippen molar-refractivity contribution in [2.24, 2.45) is 0 Å². The van der Waals surface area contributed by atoms with E-state index in [4.69, 9.17) is 4.42 Å². The number of furan rings is 1. The molecule has 1 heterocycles. The number of benzene rings is 10. The fraction of sp³-hybridized carbons (Fsp3) is 0. The molecule has 0 N–H and O–H groups in total. The Morgan fingerprint density at radius 2 is 0.914 bits per heavy atom. The van der Waals surface area contributed by atoms with Crippen molar-refractivity contribution in [3.05, 3.63) is 224 Å². The van der Waals surface area contributed by atoms with Crippen molar-refractivity contribution in [1.82, 2.24) is 0 Å². The summed E-state index contributed by atoms with van der Waals surface area (Å²) in [4.78, 5) is 1.36. The van der Waals surface area contributed by atoms with Gasteiger partial charge in [-0.15, -0.1) is 0 Å². The number of nitrogens with zero attached hydrogens (tertiary/aromatic N) is 1. The van der Waals surface area contributed by atoms with E-state index >= 15 is 0 Å². The van der Waals surface area contributed by atoms with Crippen LogP contribution in [0.4, 0.5) is 17.1 Å². The van der Waals surface area contributed by atoms with Gasteiger partial charge in [0.25, 0.3) is 0 Å². The highest BCUT2D eigenvalue weighted by Crippen LogP contribution is 2.43. The molecule has 272 valence electrons. The number of hydrogen-bond acceptors (Lipinski definition) is 2. The molecule has 2 heteroatoms. The quantitative estimate of drug-likeness (QED) is 0.161. The van der Waals surface area contributed by atoms with Crippen molar-refractivity contribution < 1.29 is 15.4 Å². The Morgan fingerprint density at radius 1 is 0.345 bits per heavy atom. The molecule has 0 saturated carbocycles. The Balaban J connectivity index is 1.16. The second-order valence-corrected chi connectivity index (χ2v) is 14.3. The largest absolute Gasteiger partial charge is 0.455 e. The van der Waals surface area contributed by atoms with Gasteiger partial charge in [0, 0.05) is 33.2 Å². The van der Waals surface area contributed by atoms with Crippen LogP contribution in [-0.4, -0.2) is 0 Å². The van der Waals surface area contributed by atoms with Gasteiger partial charge in [0.1, 0.15) is 11.2 Å². The number of hydrogen-bond donors (Lipinski definition) is 0. The molecule has 11 rings (SSSR count). The summed E-state index contributed by atoms with van der Waals surface area (Å²) in [5.74, 6) is 0. The summed E-state index contributed by atoms with van der Waals surface area (Å²) in [6.45, 7) is 0. The molecule has 0 saturated heterocycles. The zero-order valence-corrected chi connectivity index (χ0v) is 31.1. The fourth-order valence-electron chi connectivity index (χ4n) is 8.02. The summed E-state index contributed by atoms with van der Waals surface area (Å²) in [5.41, 5.74) is 5.83. The van der Waals surface area contributed by atoms with E-state index in [9.17, 15) is 11.0 Å². The Labute approximate surface area is 348 Å². The first kappa shape index (κ1) is 26.2. The third-order valence-electron chi connectivity index (χ3n) is 10.8. The van der Waals surface area contributed by atoms with E-state index in [1.807, 2.05) is 146 Å². The van der Waals surface area contributed by atoms with Gasteiger partial charge in [0.15, 0.2) is 0 Å². The van der Waals surface area contributed by atoms with E-state index in [-0.39, 0.29) is 46.7 Å². The van der Waals surface area contributed by atoms with Crippen molar-refractivity contribution in [3.8, 4) is 44.5 Å². The zero-order valence-electron chi connectivity index (χ0n) is 39.1. The molecular weight excluding hydrogens is 703 g/mol. The van der Waals surface area contributed by atoms with Crippen LogP contribution in [0.5, 0.6) is 0 Å². The van der Waals surface area contributed by atoms with Crippen LogP contribution in [0.1, 0.15) is 11.0 Å². The lowest BCUT2D eigenvalue weighted by Gasteiger charge is -2.26. The van der Waals surface area contributed by atoms with Crippen LogP contribution in [0.15, 0.2) is 229 Å². The SMILES string of the molecule is [2H]c1c([2H])c(N(c2cccc(-c3cccc4oc5c6ccccc6ccc5c34)c2)c2c([2H])c([2H])c(-c3cccc4ccccc34)c([2H])c2[2H])c([2H])c([2H])c1-c1cccc(-c2ccccc2)c1. The molecule has 0 spiro atoms. The predicted molar refractivity (Wildman–Crippen MR) is 245 cm³/mol. The maximum Gasteiger partial charge on any atom is 0.143 e. The third-order valence-corrected chi connectivity index (χ3v) is 10.8. The summed E-state index contributed by atoms with van der Waals surface area (Å²) in [6.07, 6.45) is 0. The predicted octanol–water partition coefficient (Wildman–Crippen LogP) is 16.0. The van der Waals surface area contributed by atoms with Gasteiger partial charge >= 0.3 is 0 Å². The van der Waals surface area contributed by atoms with Gasteiger partial charge in [-0.05, 0) is 115 Å². The first-order valence-corrected chi connectivity index (χ1v) is 19.2. The topological polar surface area (TPSA) is 16.4 Å². The minimum atomic E-state index is -0.411. The molecule has 0 aliphatic heterocycles.